The Balaban J connectivity index is 1.71. The molecule has 7 heteroatoms. The topological polar surface area (TPSA) is 104 Å². The van der Waals surface area contributed by atoms with Crippen molar-refractivity contribution in [2.24, 2.45) is 0 Å². The number of nitrogens with one attached hydrogen (secondary N) is 2. The Bertz CT molecular complexity index is 969. The third-order valence-corrected chi connectivity index (χ3v) is 5.22. The zero-order valence-electron chi connectivity index (χ0n) is 15.3. The molecule has 3 aromatic rings. The van der Waals surface area contributed by atoms with E-state index in [1.165, 1.54) is 7.05 Å². The number of aliphatic hydroxyl groups excluding tert-OH is 1. The lowest BCUT2D eigenvalue weighted by Gasteiger charge is -2.11. The predicted molar refractivity (Wildman–Crippen MR) is 112 cm³/mol. The minimum absolute atomic E-state index is 0.178. The van der Waals surface area contributed by atoms with Gasteiger partial charge in [0.2, 0.25) is 5.91 Å². The quantitative estimate of drug-likeness (QED) is 0.482. The highest BCUT2D eigenvalue weighted by Gasteiger charge is 2.14. The van der Waals surface area contributed by atoms with Crippen LogP contribution in [0, 0.1) is 0 Å². The summed E-state index contributed by atoms with van der Waals surface area (Å²) < 4.78 is 0. The molecule has 2 aromatic carbocycles. The first-order valence-electron chi connectivity index (χ1n) is 8.71. The van der Waals surface area contributed by atoms with Gasteiger partial charge < -0.3 is 21.5 Å². The van der Waals surface area contributed by atoms with Crippen LogP contribution >= 0.6 is 11.3 Å². The lowest BCUT2D eigenvalue weighted by Crippen LogP contribution is -2.33. The summed E-state index contributed by atoms with van der Waals surface area (Å²) in [5.74, 6) is -0.726. The van der Waals surface area contributed by atoms with E-state index in [2.05, 4.69) is 10.6 Å². The standard InChI is InChI=1S/C21H21N3O3S/c1-23-21(27)18(25)11-13-4-6-14(7-5-13)20(26)24-17-12-15(8-9-16(17)22)19-3-2-10-28-19/h2-10,12,18,25H,11,22H2,1H3,(H,23,27)(H,24,26). The van der Waals surface area contributed by atoms with E-state index >= 15 is 0 Å². The van der Waals surface area contributed by atoms with Crippen molar-refractivity contribution in [3.63, 3.8) is 0 Å². The van der Waals surface area contributed by atoms with Crippen LogP contribution in [0.2, 0.25) is 0 Å². The molecule has 0 saturated carbocycles. The van der Waals surface area contributed by atoms with Crippen LogP contribution in [-0.4, -0.2) is 30.1 Å². The third kappa shape index (κ3) is 4.57. The zero-order chi connectivity index (χ0) is 20.1. The van der Waals surface area contributed by atoms with Gasteiger partial charge in [0.1, 0.15) is 6.10 Å². The molecule has 0 aliphatic rings. The number of anilines is 2. The van der Waals surface area contributed by atoms with Gasteiger partial charge in [-0.15, -0.1) is 11.3 Å². The second-order valence-electron chi connectivity index (χ2n) is 6.26. The van der Waals surface area contributed by atoms with Crippen molar-refractivity contribution in [3.05, 3.63) is 71.1 Å². The Morgan fingerprint density at radius 3 is 2.54 bits per heavy atom. The maximum absolute atomic E-state index is 12.6. The predicted octanol–water partition coefficient (Wildman–Crippen LogP) is 2.90. The molecule has 0 radical (unpaired) electrons. The molecule has 0 aliphatic heterocycles. The summed E-state index contributed by atoms with van der Waals surface area (Å²) in [5.41, 5.74) is 9.25. The molecule has 0 spiro atoms. The number of aliphatic hydroxyl groups is 1. The Labute approximate surface area is 167 Å². The van der Waals surface area contributed by atoms with Gasteiger partial charge in [0.25, 0.3) is 5.91 Å². The lowest BCUT2D eigenvalue weighted by molar-refractivity contribution is -0.128. The molecule has 6 nitrogen and oxygen atoms in total. The average Bonchev–Trinajstić information content (AvgIpc) is 3.24. The van der Waals surface area contributed by atoms with Crippen LogP contribution in [0.15, 0.2) is 60.0 Å². The second-order valence-corrected chi connectivity index (χ2v) is 7.21. The Kier molecular flexibility index (Phi) is 6.08. The van der Waals surface area contributed by atoms with Gasteiger partial charge in [-0.05, 0) is 46.8 Å². The maximum Gasteiger partial charge on any atom is 0.255 e. The van der Waals surface area contributed by atoms with Crippen molar-refractivity contribution < 1.29 is 14.7 Å². The van der Waals surface area contributed by atoms with E-state index in [4.69, 9.17) is 5.73 Å². The summed E-state index contributed by atoms with van der Waals surface area (Å²) >= 11 is 1.61. The second kappa shape index (κ2) is 8.69. The van der Waals surface area contributed by atoms with E-state index in [0.29, 0.717) is 16.9 Å². The van der Waals surface area contributed by atoms with Crippen LogP contribution in [0.25, 0.3) is 10.4 Å². The van der Waals surface area contributed by atoms with Gasteiger partial charge in [0, 0.05) is 23.9 Å². The fraction of sp³-hybridized carbons (Fsp3) is 0.143. The van der Waals surface area contributed by atoms with Crippen LogP contribution in [0.1, 0.15) is 15.9 Å². The molecule has 0 bridgehead atoms. The monoisotopic (exact) mass is 395 g/mol. The Hall–Kier alpha value is -3.16. The highest BCUT2D eigenvalue weighted by molar-refractivity contribution is 7.13. The molecular formula is C21H21N3O3S. The Morgan fingerprint density at radius 1 is 1.14 bits per heavy atom. The third-order valence-electron chi connectivity index (χ3n) is 4.30. The fourth-order valence-electron chi connectivity index (χ4n) is 2.73. The van der Waals surface area contributed by atoms with Crippen molar-refractivity contribution in [3.8, 4) is 10.4 Å². The molecule has 3 rings (SSSR count). The number of carbonyl (C=O) groups excluding carboxylic acids is 2. The largest absolute Gasteiger partial charge is 0.397 e. The van der Waals surface area contributed by atoms with Gasteiger partial charge in [-0.2, -0.15) is 0 Å². The molecule has 1 atom stereocenters. The smallest absolute Gasteiger partial charge is 0.255 e. The number of amides is 2. The number of carbonyl (C=O) groups is 2. The van der Waals surface area contributed by atoms with E-state index < -0.39 is 12.0 Å². The molecule has 2 amide bonds. The fourth-order valence-corrected chi connectivity index (χ4v) is 3.45. The van der Waals surface area contributed by atoms with Crippen molar-refractivity contribution >= 4 is 34.5 Å². The molecule has 0 saturated heterocycles. The van der Waals surface area contributed by atoms with E-state index in [1.807, 2.05) is 29.6 Å². The molecule has 0 fully saturated rings. The van der Waals surface area contributed by atoms with E-state index in [-0.39, 0.29) is 12.3 Å². The first kappa shape index (κ1) is 19.6. The highest BCUT2D eigenvalue weighted by atomic mass is 32.1. The summed E-state index contributed by atoms with van der Waals surface area (Å²) in [5, 5.41) is 17.0. The number of nitrogen functional groups attached to an aromatic ring is 1. The molecule has 1 aromatic heterocycles. The van der Waals surface area contributed by atoms with Crippen LogP contribution < -0.4 is 16.4 Å². The van der Waals surface area contributed by atoms with Gasteiger partial charge in [0.05, 0.1) is 11.4 Å². The van der Waals surface area contributed by atoms with Gasteiger partial charge in [-0.1, -0.05) is 24.3 Å². The summed E-state index contributed by atoms with van der Waals surface area (Å²) in [6.45, 7) is 0. The van der Waals surface area contributed by atoms with E-state index in [9.17, 15) is 14.7 Å². The summed E-state index contributed by atoms with van der Waals surface area (Å²) in [6.07, 6.45) is -0.943. The van der Waals surface area contributed by atoms with E-state index in [0.717, 1.165) is 16.0 Å². The number of hydrogen-bond donors (Lipinski definition) is 4. The number of rotatable bonds is 6. The molecule has 1 heterocycles. The Morgan fingerprint density at radius 2 is 1.89 bits per heavy atom. The van der Waals surface area contributed by atoms with Gasteiger partial charge in [-0.25, -0.2) is 0 Å². The molecule has 1 unspecified atom stereocenters. The molecule has 144 valence electrons. The van der Waals surface area contributed by atoms with Crippen LogP contribution in [0.3, 0.4) is 0 Å². The summed E-state index contributed by atoms with van der Waals surface area (Å²) in [6, 6.07) is 16.3. The molecular weight excluding hydrogens is 374 g/mol. The van der Waals surface area contributed by atoms with Gasteiger partial charge in [0.15, 0.2) is 0 Å². The van der Waals surface area contributed by atoms with Crippen LogP contribution in [0.4, 0.5) is 11.4 Å². The number of benzene rings is 2. The summed E-state index contributed by atoms with van der Waals surface area (Å²) in [7, 11) is 1.47. The molecule has 28 heavy (non-hydrogen) atoms. The minimum atomic E-state index is -1.12. The molecule has 0 aliphatic carbocycles. The maximum atomic E-state index is 12.6. The van der Waals surface area contributed by atoms with Crippen molar-refractivity contribution in [1.82, 2.24) is 5.32 Å². The lowest BCUT2D eigenvalue weighted by atomic mass is 10.0. The molecule has 5 N–H and O–H groups in total. The number of hydrogen-bond acceptors (Lipinski definition) is 5. The average molecular weight is 395 g/mol. The first-order valence-corrected chi connectivity index (χ1v) is 9.59. The number of thiophene rings is 1. The zero-order valence-corrected chi connectivity index (χ0v) is 16.1. The van der Waals surface area contributed by atoms with Crippen molar-refractivity contribution in [2.45, 2.75) is 12.5 Å². The summed E-state index contributed by atoms with van der Waals surface area (Å²) in [4.78, 5) is 25.1. The number of likely N-dealkylation sites (N-methyl/N-ethyl adjacent to an activating group) is 1. The minimum Gasteiger partial charge on any atom is -0.397 e. The van der Waals surface area contributed by atoms with Crippen LogP contribution in [0.5, 0.6) is 0 Å². The SMILES string of the molecule is CNC(=O)C(O)Cc1ccc(C(=O)Nc2cc(-c3cccs3)ccc2N)cc1. The van der Waals surface area contributed by atoms with Gasteiger partial charge in [-0.3, -0.25) is 9.59 Å². The van der Waals surface area contributed by atoms with Crippen LogP contribution in [-0.2, 0) is 11.2 Å². The van der Waals surface area contributed by atoms with E-state index in [1.54, 1.807) is 41.7 Å². The normalized spacial score (nSPS) is 11.6. The number of nitrogens with two attached hydrogens (primary N) is 1. The van der Waals surface area contributed by atoms with Gasteiger partial charge >= 0.3 is 0 Å². The first-order chi connectivity index (χ1) is 13.5. The van der Waals surface area contributed by atoms with Crippen molar-refractivity contribution in [2.75, 3.05) is 18.1 Å². The van der Waals surface area contributed by atoms with Crippen molar-refractivity contribution in [1.29, 1.82) is 0 Å². The highest BCUT2D eigenvalue weighted by Crippen LogP contribution is 2.30.